The number of hydrogen-bond acceptors (Lipinski definition) is 6. The number of benzene rings is 3. The van der Waals surface area contributed by atoms with E-state index in [1.54, 1.807) is 0 Å². The maximum atomic E-state index is 12.3. The third-order valence-corrected chi connectivity index (χ3v) is 5.95. The van der Waals surface area contributed by atoms with Crippen molar-refractivity contribution in [1.82, 2.24) is 15.6 Å². The van der Waals surface area contributed by atoms with Crippen LogP contribution >= 0.6 is 11.8 Å². The molecule has 3 N–H and O–H groups in total. The highest BCUT2D eigenvalue weighted by Crippen LogP contribution is 2.22. The van der Waals surface area contributed by atoms with E-state index >= 15 is 0 Å². The van der Waals surface area contributed by atoms with E-state index in [-0.39, 0.29) is 17.4 Å². The van der Waals surface area contributed by atoms with Crippen LogP contribution in [0.1, 0.15) is 16.7 Å². The van der Waals surface area contributed by atoms with Crippen LogP contribution in [0.2, 0.25) is 0 Å². The van der Waals surface area contributed by atoms with E-state index < -0.39 is 5.75 Å². The highest BCUT2D eigenvalue weighted by molar-refractivity contribution is 7.99. The molecular weight excluding hydrogens is 450 g/mol. The van der Waals surface area contributed by atoms with Crippen LogP contribution in [0.15, 0.2) is 77.0 Å². The zero-order chi connectivity index (χ0) is 24.1. The summed E-state index contributed by atoms with van der Waals surface area (Å²) in [4.78, 5) is 12.3. The number of hydrogen-bond donors (Lipinski definition) is 3. The minimum absolute atomic E-state index is 0.0894. The van der Waals surface area contributed by atoms with E-state index in [9.17, 15) is 15.0 Å². The number of H-pyrrole nitrogens is 1. The number of aryl methyl sites for hydroxylation is 2. The van der Waals surface area contributed by atoms with Crippen LogP contribution in [0.5, 0.6) is 11.5 Å². The Bertz CT molecular complexity index is 1330. The van der Waals surface area contributed by atoms with Crippen molar-refractivity contribution in [3.8, 4) is 28.6 Å². The Morgan fingerprint density at radius 3 is 2.47 bits per heavy atom. The summed E-state index contributed by atoms with van der Waals surface area (Å²) in [5, 5.41) is 32.8. The molecule has 0 unspecified atom stereocenters. The second-order valence-electron chi connectivity index (χ2n) is 7.70. The molecule has 0 saturated carbocycles. The lowest BCUT2D eigenvalue weighted by Crippen LogP contribution is -2.34. The van der Waals surface area contributed by atoms with E-state index in [2.05, 4.69) is 20.7 Å². The third kappa shape index (κ3) is 5.44. The number of nitrogens with one attached hydrogen (secondary N) is 2. The number of aromatic amines is 1. The fraction of sp³-hybridized carbons (Fsp3) is 0.120. The predicted octanol–water partition coefficient (Wildman–Crippen LogP) is 2.99. The molecule has 0 fully saturated rings. The number of phenolic OH excluding ortho intramolecular Hbond substituents is 1. The lowest BCUT2D eigenvalue weighted by molar-refractivity contribution is -0.625. The Balaban J connectivity index is 1.50. The number of phenols is 1. The first-order valence-corrected chi connectivity index (χ1v) is 11.5. The molecule has 0 saturated heterocycles. The maximum absolute atomic E-state index is 12.3. The van der Waals surface area contributed by atoms with Crippen LogP contribution in [0.25, 0.3) is 17.1 Å². The van der Waals surface area contributed by atoms with Crippen LogP contribution < -0.4 is 15.1 Å². The predicted molar refractivity (Wildman–Crippen MR) is 129 cm³/mol. The van der Waals surface area contributed by atoms with Gasteiger partial charge >= 0.3 is 5.16 Å². The molecule has 0 aliphatic carbocycles. The zero-order valence-corrected chi connectivity index (χ0v) is 19.5. The third-order valence-electron chi connectivity index (χ3n) is 5.01. The second-order valence-corrected chi connectivity index (χ2v) is 8.64. The van der Waals surface area contributed by atoms with Crippen molar-refractivity contribution in [2.24, 2.45) is 5.10 Å². The Kier molecular flexibility index (Phi) is 6.93. The topological polar surface area (TPSA) is 117 Å². The van der Waals surface area contributed by atoms with E-state index in [1.165, 1.54) is 36.2 Å². The quantitative estimate of drug-likeness (QED) is 0.165. The lowest BCUT2D eigenvalue weighted by atomic mass is 10.1. The largest absolute Gasteiger partial charge is 0.870 e. The zero-order valence-electron chi connectivity index (χ0n) is 18.6. The molecule has 0 radical (unpaired) electrons. The van der Waals surface area contributed by atoms with Gasteiger partial charge in [-0.3, -0.25) is 4.79 Å². The molecule has 0 spiro atoms. The van der Waals surface area contributed by atoms with E-state index in [4.69, 9.17) is 0 Å². The summed E-state index contributed by atoms with van der Waals surface area (Å²) in [6.07, 6.45) is 1.36. The van der Waals surface area contributed by atoms with Gasteiger partial charge in [0.1, 0.15) is 11.4 Å². The summed E-state index contributed by atoms with van der Waals surface area (Å²) < 4.78 is 1.98. The molecule has 3 aromatic carbocycles. The van der Waals surface area contributed by atoms with Gasteiger partial charge < -0.3 is 10.2 Å². The van der Waals surface area contributed by atoms with Crippen molar-refractivity contribution in [3.05, 3.63) is 83.4 Å². The van der Waals surface area contributed by atoms with Gasteiger partial charge in [-0.05, 0) is 61.5 Å². The number of amides is 1. The molecule has 0 aliphatic heterocycles. The molecule has 1 amide bonds. The van der Waals surface area contributed by atoms with E-state index in [0.29, 0.717) is 10.7 Å². The number of carbonyl (C=O) groups is 1. The van der Waals surface area contributed by atoms with Gasteiger partial charge in [0.15, 0.2) is 0 Å². The minimum Gasteiger partial charge on any atom is -0.870 e. The number of aromatic nitrogens is 3. The van der Waals surface area contributed by atoms with Crippen LogP contribution in [-0.2, 0) is 4.79 Å². The summed E-state index contributed by atoms with van der Waals surface area (Å²) in [7, 11) is 0. The first-order chi connectivity index (χ1) is 16.4. The Hall–Kier alpha value is -4.11. The first-order valence-electron chi connectivity index (χ1n) is 10.5. The summed E-state index contributed by atoms with van der Waals surface area (Å²) >= 11 is 1.28. The monoisotopic (exact) mass is 473 g/mol. The van der Waals surface area contributed by atoms with Crippen LogP contribution in [-0.4, -0.2) is 33.2 Å². The number of nitrogens with zero attached hydrogens (tertiary/aromatic N) is 3. The van der Waals surface area contributed by atoms with Crippen molar-refractivity contribution >= 4 is 23.9 Å². The minimum atomic E-state index is -0.469. The molecule has 172 valence electrons. The number of carbonyl (C=O) groups excluding carboxylic acids is 1. The van der Waals surface area contributed by atoms with Crippen molar-refractivity contribution in [2.45, 2.75) is 19.0 Å². The van der Waals surface area contributed by atoms with Gasteiger partial charge in [-0.1, -0.05) is 53.3 Å². The lowest BCUT2D eigenvalue weighted by Gasteiger charge is -2.07. The molecule has 0 aliphatic rings. The number of thioether (sulfide) groups is 1. The van der Waals surface area contributed by atoms with Gasteiger partial charge in [0, 0.05) is 0 Å². The number of aromatic hydroxyl groups is 1. The van der Waals surface area contributed by atoms with Crippen molar-refractivity contribution in [3.63, 3.8) is 0 Å². The molecule has 4 rings (SSSR count). The smallest absolute Gasteiger partial charge is 0.342 e. The fourth-order valence-corrected chi connectivity index (χ4v) is 3.95. The average Bonchev–Trinajstić information content (AvgIpc) is 3.25. The van der Waals surface area contributed by atoms with Crippen molar-refractivity contribution in [2.75, 3.05) is 5.75 Å². The van der Waals surface area contributed by atoms with Gasteiger partial charge in [0.2, 0.25) is 0 Å². The highest BCUT2D eigenvalue weighted by atomic mass is 32.2. The van der Waals surface area contributed by atoms with Gasteiger partial charge in [-0.2, -0.15) is 9.67 Å². The summed E-state index contributed by atoms with van der Waals surface area (Å²) in [5.74, 6) is -0.253. The molecule has 4 aromatic rings. The summed E-state index contributed by atoms with van der Waals surface area (Å²) in [6, 6.07) is 20.3. The molecule has 9 heteroatoms. The average molecular weight is 474 g/mol. The van der Waals surface area contributed by atoms with Crippen molar-refractivity contribution < 1.29 is 19.6 Å². The first kappa shape index (κ1) is 23.1. The Morgan fingerprint density at radius 2 is 1.79 bits per heavy atom. The highest BCUT2D eigenvalue weighted by Gasteiger charge is 2.24. The van der Waals surface area contributed by atoms with Crippen LogP contribution in [0.4, 0.5) is 0 Å². The standard InChI is InChI=1S/C25H23N5O3S/c1-16-3-8-19(9-4-16)24-28-29-25(30(24)20-10-5-17(2)6-11-20)34-15-23(33)27-26-14-18-7-12-21(31)22(32)13-18/h3-14H,15H2,1-2H3,(H3,26,27,31,32,33). The SMILES string of the molecule is Cc1ccc(-c2[nH]nc(SCC(=O)N/N=C/c3ccc([O-])c(O)c3)[n+]2-c2ccc(C)cc2)cc1. The fourth-order valence-electron chi connectivity index (χ4n) is 3.19. The normalized spacial score (nSPS) is 11.1. The summed E-state index contributed by atoms with van der Waals surface area (Å²) in [6.45, 7) is 4.07. The van der Waals surface area contributed by atoms with Gasteiger partial charge in [-0.15, -0.1) is 5.10 Å². The Morgan fingerprint density at radius 1 is 1.12 bits per heavy atom. The molecular formula is C25H23N5O3S. The van der Waals surface area contributed by atoms with Gasteiger partial charge in [0.25, 0.3) is 11.7 Å². The molecule has 0 atom stereocenters. The van der Waals surface area contributed by atoms with Gasteiger partial charge in [0.05, 0.1) is 22.6 Å². The van der Waals surface area contributed by atoms with Crippen LogP contribution in [0.3, 0.4) is 0 Å². The van der Waals surface area contributed by atoms with E-state index in [0.717, 1.165) is 28.2 Å². The molecule has 1 aromatic heterocycles. The second kappa shape index (κ2) is 10.2. The van der Waals surface area contributed by atoms with Gasteiger partial charge in [-0.25, -0.2) is 5.43 Å². The maximum Gasteiger partial charge on any atom is 0.342 e. The number of rotatable bonds is 7. The summed E-state index contributed by atoms with van der Waals surface area (Å²) in [5.41, 5.74) is 7.16. The van der Waals surface area contributed by atoms with Crippen LogP contribution in [0, 0.1) is 13.8 Å². The molecule has 0 bridgehead atoms. The molecule has 1 heterocycles. The molecule has 8 nitrogen and oxygen atoms in total. The van der Waals surface area contributed by atoms with Crippen molar-refractivity contribution in [1.29, 1.82) is 0 Å². The Labute approximate surface area is 201 Å². The van der Waals surface area contributed by atoms with E-state index in [1.807, 2.05) is 66.9 Å². The molecule has 34 heavy (non-hydrogen) atoms. The number of hydrazone groups is 1.